The van der Waals surface area contributed by atoms with Crippen molar-refractivity contribution < 1.29 is 53.2 Å². The second kappa shape index (κ2) is 18.8. The van der Waals surface area contributed by atoms with Gasteiger partial charge >= 0.3 is 26.7 Å². The number of nitrogens with zero attached hydrogens (tertiary/aromatic N) is 7. The Morgan fingerprint density at radius 1 is 1.04 bits per heavy atom. The Kier molecular flexibility index (Phi) is 13.2. The van der Waals surface area contributed by atoms with Crippen LogP contribution < -0.4 is 29.4 Å². The van der Waals surface area contributed by atoms with Crippen molar-refractivity contribution in [2.24, 2.45) is 0 Å². The highest BCUT2D eigenvalue weighted by Gasteiger charge is 2.44. The molecular formula is C43H47F2N9O11S2. The lowest BCUT2D eigenvalue weighted by atomic mass is 9.87. The van der Waals surface area contributed by atoms with Gasteiger partial charge in [-0.15, -0.1) is 0 Å². The maximum atomic E-state index is 15.1. The summed E-state index contributed by atoms with van der Waals surface area (Å²) in [6, 6.07) is 11.6. The average molecular weight is 968 g/mol. The molecule has 1 atom stereocenters. The lowest BCUT2D eigenvalue weighted by molar-refractivity contribution is -0.137. The number of ether oxygens (including phenoxy) is 2. The number of piperidine rings is 2. The number of hydrogen-bond acceptors (Lipinski definition) is 14. The SMILES string of the molecule is CCN(C)S(=O)(=O)Nc1ccc(F)c(Oc2ccc3ncn([C@@H]4COC5(CCN(C(=O)CN6CCC(c7ccc(N8CCC(=O)NC8=O)cc7OS(=O)(=O)F)CC6)CC5)C4)c(=O)c3c2)c1C#N. The number of fused-ring (bicyclic) bond motifs is 1. The predicted molar refractivity (Wildman–Crippen MR) is 237 cm³/mol. The fraction of sp³-hybridized carbons (Fsp3) is 0.442. The zero-order valence-electron chi connectivity index (χ0n) is 36.4. The number of carbonyl (C=O) groups excluding carboxylic acids is 3. The maximum Gasteiger partial charge on any atom is 0.488 e. The van der Waals surface area contributed by atoms with Crippen LogP contribution >= 0.6 is 0 Å². The molecule has 4 amide bonds. The first-order valence-corrected chi connectivity index (χ1v) is 24.3. The molecule has 0 aliphatic carbocycles. The van der Waals surface area contributed by atoms with E-state index in [1.165, 1.54) is 47.1 Å². The number of urea groups is 1. The third-order valence-corrected chi connectivity index (χ3v) is 14.8. The van der Waals surface area contributed by atoms with Crippen LogP contribution in [0.3, 0.4) is 0 Å². The van der Waals surface area contributed by atoms with Gasteiger partial charge in [-0.05, 0) is 93.1 Å². The Labute approximate surface area is 384 Å². The molecule has 5 heterocycles. The van der Waals surface area contributed by atoms with Crippen molar-refractivity contribution >= 4 is 60.8 Å². The summed E-state index contributed by atoms with van der Waals surface area (Å²) in [6.07, 6.45) is 4.07. The molecule has 0 radical (unpaired) electrons. The second-order valence-corrected chi connectivity index (χ2v) is 19.6. The predicted octanol–water partition coefficient (Wildman–Crippen LogP) is 4.05. The highest BCUT2D eigenvalue weighted by atomic mass is 32.3. The number of anilines is 2. The summed E-state index contributed by atoms with van der Waals surface area (Å²) in [7, 11) is -8.11. The molecule has 67 heavy (non-hydrogen) atoms. The van der Waals surface area contributed by atoms with Crippen LogP contribution in [0.4, 0.5) is 24.4 Å². The fourth-order valence-electron chi connectivity index (χ4n) is 9.02. The summed E-state index contributed by atoms with van der Waals surface area (Å²) in [6.45, 7) is 4.05. The van der Waals surface area contributed by atoms with Gasteiger partial charge in [-0.25, -0.2) is 14.2 Å². The van der Waals surface area contributed by atoms with Crippen LogP contribution in [0.5, 0.6) is 17.2 Å². The molecule has 4 aliphatic rings. The number of amides is 4. The summed E-state index contributed by atoms with van der Waals surface area (Å²) in [4.78, 5) is 61.0. The van der Waals surface area contributed by atoms with Gasteiger partial charge in [-0.3, -0.25) is 38.8 Å². The van der Waals surface area contributed by atoms with Gasteiger partial charge in [0.2, 0.25) is 11.8 Å². The smallest absolute Gasteiger partial charge is 0.453 e. The Hall–Kier alpha value is -6.26. The first-order chi connectivity index (χ1) is 31.9. The van der Waals surface area contributed by atoms with Gasteiger partial charge in [0.1, 0.15) is 17.4 Å². The van der Waals surface area contributed by atoms with Gasteiger partial charge in [0.05, 0.1) is 47.7 Å². The van der Waals surface area contributed by atoms with Crippen LogP contribution in [-0.4, -0.2) is 123 Å². The summed E-state index contributed by atoms with van der Waals surface area (Å²) in [5.41, 5.74) is -0.547. The van der Waals surface area contributed by atoms with Crippen LogP contribution in [0.15, 0.2) is 59.7 Å². The van der Waals surface area contributed by atoms with E-state index >= 15 is 4.39 Å². The van der Waals surface area contributed by atoms with E-state index in [0.717, 1.165) is 16.4 Å². The topological polar surface area (TPSA) is 243 Å². The minimum absolute atomic E-state index is 0.0116. The van der Waals surface area contributed by atoms with Gasteiger partial charge < -0.3 is 18.6 Å². The van der Waals surface area contributed by atoms with Crippen molar-refractivity contribution in [3.63, 3.8) is 0 Å². The second-order valence-electron chi connectivity index (χ2n) is 16.9. The molecule has 4 fully saturated rings. The van der Waals surface area contributed by atoms with Crippen LogP contribution in [-0.2, 0) is 35.0 Å². The van der Waals surface area contributed by atoms with E-state index in [0.29, 0.717) is 69.4 Å². The fourth-order valence-corrected chi connectivity index (χ4v) is 10.3. The van der Waals surface area contributed by atoms with Gasteiger partial charge in [0.15, 0.2) is 17.3 Å². The van der Waals surface area contributed by atoms with E-state index in [2.05, 4.69) is 15.0 Å². The average Bonchev–Trinajstić information content (AvgIpc) is 3.69. The molecule has 0 saturated carbocycles. The van der Waals surface area contributed by atoms with Crippen molar-refractivity contribution in [1.82, 2.24) is 29.0 Å². The standard InChI is InChI=1S/C43H47F2N9O11S2/c1-3-50(2)67(61,62)49-36-9-7-34(44)40(33(36)23-46)64-30-5-8-35-32(21-30)41(57)54(26-47-35)29-22-43(63-25-29)13-18-52(19-14-43)39(56)24-51-15-10-27(11-16-51)31-6-4-28(20-37(31)65-66(45,59)60)53-17-12-38(55)48-42(53)58/h4-9,20-21,26-27,29,49H,3,10-19,22,24-25H2,1-2H3,(H,48,55,58)/t29-/m0/s1. The number of likely N-dealkylation sites (tertiary alicyclic amines) is 2. The lowest BCUT2D eigenvalue weighted by Gasteiger charge is -2.40. The molecule has 4 aromatic rings. The number of hydrogen-bond donors (Lipinski definition) is 2. The Bertz CT molecular complexity index is 2950. The van der Waals surface area contributed by atoms with E-state index in [1.54, 1.807) is 24.0 Å². The maximum absolute atomic E-state index is 15.1. The van der Waals surface area contributed by atoms with E-state index in [9.17, 15) is 45.2 Å². The Morgan fingerprint density at radius 2 is 1.79 bits per heavy atom. The van der Waals surface area contributed by atoms with Gasteiger partial charge in [-0.2, -0.15) is 26.4 Å². The zero-order valence-corrected chi connectivity index (χ0v) is 38.1. The first-order valence-electron chi connectivity index (χ1n) is 21.5. The van der Waals surface area contributed by atoms with Crippen LogP contribution in [0, 0.1) is 17.1 Å². The van der Waals surface area contributed by atoms with Gasteiger partial charge in [-0.1, -0.05) is 16.9 Å². The third kappa shape index (κ3) is 10.2. The number of carbonyl (C=O) groups is 3. The molecule has 4 saturated heterocycles. The Balaban J connectivity index is 0.871. The molecule has 0 bridgehead atoms. The number of halogens is 2. The monoisotopic (exact) mass is 967 g/mol. The molecule has 4 aliphatic heterocycles. The quantitative estimate of drug-likeness (QED) is 0.180. The molecule has 1 spiro atoms. The van der Waals surface area contributed by atoms with Crippen molar-refractivity contribution in [3.05, 3.63) is 82.2 Å². The molecule has 3 aromatic carbocycles. The molecule has 356 valence electrons. The number of imide groups is 1. The summed E-state index contributed by atoms with van der Waals surface area (Å²) in [5.74, 6) is -2.43. The van der Waals surface area contributed by atoms with E-state index in [1.807, 2.05) is 11.0 Å². The van der Waals surface area contributed by atoms with E-state index in [-0.39, 0.29) is 78.8 Å². The van der Waals surface area contributed by atoms with Crippen molar-refractivity contribution in [3.8, 4) is 23.3 Å². The minimum atomic E-state index is -5.40. The third-order valence-electron chi connectivity index (χ3n) is 12.8. The van der Waals surface area contributed by atoms with E-state index in [4.69, 9.17) is 13.7 Å². The zero-order chi connectivity index (χ0) is 47.8. The highest BCUT2D eigenvalue weighted by molar-refractivity contribution is 7.90. The number of nitriles is 1. The largest absolute Gasteiger partial charge is 0.488 e. The molecule has 2 N–H and O–H groups in total. The van der Waals surface area contributed by atoms with Crippen molar-refractivity contribution in [1.29, 1.82) is 5.26 Å². The Morgan fingerprint density at radius 3 is 2.48 bits per heavy atom. The highest BCUT2D eigenvalue weighted by Crippen LogP contribution is 2.42. The number of rotatable bonds is 13. The van der Waals surface area contributed by atoms with Crippen LogP contribution in [0.25, 0.3) is 10.9 Å². The summed E-state index contributed by atoms with van der Waals surface area (Å²) >= 11 is 0. The number of benzene rings is 3. The van der Waals surface area contributed by atoms with Gasteiger partial charge in [0, 0.05) is 51.4 Å². The van der Waals surface area contributed by atoms with Gasteiger partial charge in [0.25, 0.3) is 5.56 Å². The first kappa shape index (κ1) is 47.2. The summed E-state index contributed by atoms with van der Waals surface area (Å²) in [5, 5.41) is 12.3. The van der Waals surface area contributed by atoms with Crippen LogP contribution in [0.2, 0.25) is 0 Å². The lowest BCUT2D eigenvalue weighted by Crippen LogP contribution is -2.50. The number of nitrogens with one attached hydrogen (secondary N) is 2. The molecular weight excluding hydrogens is 921 g/mol. The van der Waals surface area contributed by atoms with Crippen LogP contribution in [0.1, 0.15) is 68.5 Å². The van der Waals surface area contributed by atoms with E-state index < -0.39 is 60.9 Å². The van der Waals surface area contributed by atoms with Crippen molar-refractivity contribution in [2.75, 3.05) is 69.1 Å². The minimum Gasteiger partial charge on any atom is -0.453 e. The molecule has 8 rings (SSSR count). The normalized spacial score (nSPS) is 19.4. The van der Waals surface area contributed by atoms with Crippen molar-refractivity contribution in [2.45, 2.75) is 63.0 Å². The number of aromatic nitrogens is 2. The summed E-state index contributed by atoms with van der Waals surface area (Å²) < 4.78 is 99.1. The molecule has 0 unspecified atom stereocenters. The molecule has 24 heteroatoms. The molecule has 1 aromatic heterocycles. The molecule has 20 nitrogen and oxygen atoms in total.